The molecule has 3 aliphatic heterocycles. The topological polar surface area (TPSA) is 70.1 Å². The highest BCUT2D eigenvalue weighted by molar-refractivity contribution is 5.86. The van der Waals surface area contributed by atoms with Crippen LogP contribution in [0.5, 0.6) is 0 Å². The third kappa shape index (κ3) is 3.77. The lowest BCUT2D eigenvalue weighted by Gasteiger charge is -2.37. The van der Waals surface area contributed by atoms with E-state index < -0.39 is 17.8 Å². The van der Waals surface area contributed by atoms with Crippen LogP contribution in [0.1, 0.15) is 18.4 Å². The minimum absolute atomic E-state index is 0.0333. The van der Waals surface area contributed by atoms with Crippen LogP contribution < -0.4 is 0 Å². The molecule has 3 fully saturated rings. The number of rotatable bonds is 5. The van der Waals surface area contributed by atoms with Gasteiger partial charge in [-0.1, -0.05) is 42.5 Å². The molecular formula is C21H26N2O4. The molecular weight excluding hydrogens is 344 g/mol. The van der Waals surface area contributed by atoms with Crippen LogP contribution in [-0.2, 0) is 14.3 Å². The van der Waals surface area contributed by atoms with Crippen molar-refractivity contribution in [1.29, 1.82) is 0 Å². The molecule has 4 atom stereocenters. The summed E-state index contributed by atoms with van der Waals surface area (Å²) in [5.41, 5.74) is 1.18. The van der Waals surface area contributed by atoms with Crippen molar-refractivity contribution < 1.29 is 19.4 Å². The van der Waals surface area contributed by atoms with Crippen molar-refractivity contribution in [3.05, 3.63) is 42.0 Å². The minimum atomic E-state index is -0.898. The molecule has 3 heterocycles. The number of nitrogens with zero attached hydrogens (tertiary/aromatic N) is 2. The van der Waals surface area contributed by atoms with E-state index in [1.807, 2.05) is 23.1 Å². The summed E-state index contributed by atoms with van der Waals surface area (Å²) < 4.78 is 5.74. The molecule has 6 nitrogen and oxygen atoms in total. The van der Waals surface area contributed by atoms with Crippen molar-refractivity contribution in [1.82, 2.24) is 9.80 Å². The first kappa shape index (κ1) is 18.2. The summed E-state index contributed by atoms with van der Waals surface area (Å²) >= 11 is 0. The van der Waals surface area contributed by atoms with E-state index in [4.69, 9.17) is 4.74 Å². The fourth-order valence-electron chi connectivity index (χ4n) is 4.57. The molecule has 3 aliphatic rings. The largest absolute Gasteiger partial charge is 0.481 e. The van der Waals surface area contributed by atoms with Crippen LogP contribution in [0.25, 0.3) is 6.08 Å². The van der Waals surface area contributed by atoms with Crippen molar-refractivity contribution in [2.45, 2.75) is 25.0 Å². The maximum absolute atomic E-state index is 13.0. The van der Waals surface area contributed by atoms with Crippen molar-refractivity contribution in [3.63, 3.8) is 0 Å². The Labute approximate surface area is 159 Å². The minimum Gasteiger partial charge on any atom is -0.481 e. The van der Waals surface area contributed by atoms with Gasteiger partial charge in [-0.25, -0.2) is 0 Å². The number of ether oxygens (including phenoxy) is 1. The van der Waals surface area contributed by atoms with Crippen LogP contribution >= 0.6 is 0 Å². The number of amides is 1. The van der Waals surface area contributed by atoms with Crippen molar-refractivity contribution in [2.75, 3.05) is 32.7 Å². The van der Waals surface area contributed by atoms with Crippen LogP contribution in [0, 0.1) is 11.8 Å². The Morgan fingerprint density at radius 3 is 2.37 bits per heavy atom. The van der Waals surface area contributed by atoms with Crippen molar-refractivity contribution in [3.8, 4) is 0 Å². The predicted molar refractivity (Wildman–Crippen MR) is 101 cm³/mol. The molecule has 3 saturated heterocycles. The lowest BCUT2D eigenvalue weighted by Crippen LogP contribution is -2.53. The van der Waals surface area contributed by atoms with Crippen LogP contribution in [0.3, 0.4) is 0 Å². The van der Waals surface area contributed by atoms with Gasteiger partial charge in [-0.2, -0.15) is 0 Å². The molecule has 0 saturated carbocycles. The molecule has 0 aromatic heterocycles. The van der Waals surface area contributed by atoms with Gasteiger partial charge in [0.2, 0.25) is 5.91 Å². The monoisotopic (exact) mass is 370 g/mol. The van der Waals surface area contributed by atoms with Gasteiger partial charge in [0.05, 0.1) is 24.0 Å². The zero-order valence-electron chi connectivity index (χ0n) is 15.4. The Morgan fingerprint density at radius 2 is 1.70 bits per heavy atom. The number of carbonyl (C=O) groups is 2. The summed E-state index contributed by atoms with van der Waals surface area (Å²) in [6.45, 7) is 3.77. The molecule has 1 aromatic carbocycles. The number of carboxylic acids is 1. The van der Waals surface area contributed by atoms with Crippen molar-refractivity contribution in [2.24, 2.45) is 11.8 Å². The van der Waals surface area contributed by atoms with Gasteiger partial charge in [-0.15, -0.1) is 0 Å². The number of carboxylic acid groups (broad SMARTS) is 1. The fraction of sp³-hybridized carbons (Fsp3) is 0.524. The van der Waals surface area contributed by atoms with E-state index in [1.54, 1.807) is 0 Å². The molecule has 1 aromatic rings. The first-order valence-electron chi connectivity index (χ1n) is 9.74. The van der Waals surface area contributed by atoms with E-state index >= 15 is 0 Å². The highest BCUT2D eigenvalue weighted by Gasteiger charge is 2.56. The van der Waals surface area contributed by atoms with E-state index in [0.29, 0.717) is 13.1 Å². The Bertz CT molecular complexity index is 712. The van der Waals surface area contributed by atoms with Gasteiger partial charge >= 0.3 is 5.97 Å². The highest BCUT2D eigenvalue weighted by Crippen LogP contribution is 2.44. The molecule has 0 radical (unpaired) electrons. The molecule has 1 N–H and O–H groups in total. The van der Waals surface area contributed by atoms with Crippen LogP contribution in [0.15, 0.2) is 36.4 Å². The second-order valence-corrected chi connectivity index (χ2v) is 7.62. The van der Waals surface area contributed by atoms with Gasteiger partial charge in [-0.3, -0.25) is 14.5 Å². The third-order valence-electron chi connectivity index (χ3n) is 6.00. The van der Waals surface area contributed by atoms with Gasteiger partial charge in [-0.05, 0) is 18.4 Å². The second-order valence-electron chi connectivity index (χ2n) is 7.62. The summed E-state index contributed by atoms with van der Waals surface area (Å²) in [7, 11) is 0. The Balaban J connectivity index is 1.29. The van der Waals surface area contributed by atoms with Gasteiger partial charge < -0.3 is 14.7 Å². The molecule has 144 valence electrons. The van der Waals surface area contributed by atoms with Gasteiger partial charge in [0.1, 0.15) is 0 Å². The molecule has 27 heavy (non-hydrogen) atoms. The van der Waals surface area contributed by atoms with E-state index in [9.17, 15) is 14.7 Å². The number of benzene rings is 1. The van der Waals surface area contributed by atoms with Crippen LogP contribution in [-0.4, -0.2) is 71.7 Å². The quantitative estimate of drug-likeness (QED) is 0.855. The first-order valence-corrected chi connectivity index (χ1v) is 9.74. The summed E-state index contributed by atoms with van der Waals surface area (Å²) in [6.07, 6.45) is 5.32. The number of aliphatic carboxylic acids is 1. The smallest absolute Gasteiger partial charge is 0.310 e. The van der Waals surface area contributed by atoms with Crippen molar-refractivity contribution >= 4 is 18.0 Å². The average Bonchev–Trinajstić information content (AvgIpc) is 3.30. The number of carbonyl (C=O) groups excluding carboxylic acids is 1. The zero-order valence-corrected chi connectivity index (χ0v) is 15.4. The number of hydrogen-bond donors (Lipinski definition) is 1. The van der Waals surface area contributed by atoms with Gasteiger partial charge in [0.25, 0.3) is 0 Å². The normalized spacial score (nSPS) is 30.9. The lowest BCUT2D eigenvalue weighted by atomic mass is 9.78. The molecule has 2 bridgehead atoms. The van der Waals surface area contributed by atoms with Crippen LogP contribution in [0.4, 0.5) is 0 Å². The molecule has 4 rings (SSSR count). The fourth-order valence-corrected chi connectivity index (χ4v) is 4.57. The SMILES string of the molecule is O=C(O)C1C2CCC(O2)C1C(=O)N1CCN(C/C=C/c2ccccc2)CC1. The summed E-state index contributed by atoms with van der Waals surface area (Å²) in [6, 6.07) is 10.2. The number of hydrogen-bond acceptors (Lipinski definition) is 4. The predicted octanol–water partition coefficient (Wildman–Crippen LogP) is 1.72. The molecule has 1 amide bonds. The molecule has 6 heteroatoms. The molecule has 4 unspecified atom stereocenters. The third-order valence-corrected chi connectivity index (χ3v) is 6.00. The maximum Gasteiger partial charge on any atom is 0.310 e. The Morgan fingerprint density at radius 1 is 1.04 bits per heavy atom. The second kappa shape index (κ2) is 7.82. The van der Waals surface area contributed by atoms with Gasteiger partial charge in [0, 0.05) is 32.7 Å². The maximum atomic E-state index is 13.0. The summed E-state index contributed by atoms with van der Waals surface area (Å²) in [5.74, 6) is -2.12. The standard InChI is InChI=1S/C21H26N2O4/c24-20(18-16-8-9-17(27-16)19(18)21(25)26)23-13-11-22(12-14-23)10-4-7-15-5-2-1-3-6-15/h1-7,16-19H,8-14H2,(H,25,26)/b7-4+. The first-order chi connectivity index (χ1) is 13.1. The zero-order chi connectivity index (χ0) is 18.8. The summed E-state index contributed by atoms with van der Waals surface area (Å²) in [5, 5.41) is 9.52. The van der Waals surface area contributed by atoms with Crippen LogP contribution in [0.2, 0.25) is 0 Å². The van der Waals surface area contributed by atoms with E-state index in [0.717, 1.165) is 32.5 Å². The summed E-state index contributed by atoms with van der Waals surface area (Å²) in [4.78, 5) is 28.7. The van der Waals surface area contributed by atoms with Gasteiger partial charge in [0.15, 0.2) is 0 Å². The molecule has 0 aliphatic carbocycles. The highest BCUT2D eigenvalue weighted by atomic mass is 16.5. The molecule has 0 spiro atoms. The van der Waals surface area contributed by atoms with E-state index in [2.05, 4.69) is 29.2 Å². The van der Waals surface area contributed by atoms with E-state index in [-0.39, 0.29) is 18.1 Å². The number of fused-ring (bicyclic) bond motifs is 2. The average molecular weight is 370 g/mol. The number of piperazine rings is 1. The lowest BCUT2D eigenvalue weighted by molar-refractivity contribution is -0.151. The Hall–Kier alpha value is -2.18. The Kier molecular flexibility index (Phi) is 5.27. The van der Waals surface area contributed by atoms with E-state index in [1.165, 1.54) is 5.56 Å².